The topological polar surface area (TPSA) is 58.4 Å². The van der Waals surface area contributed by atoms with E-state index >= 15 is 0 Å². The summed E-state index contributed by atoms with van der Waals surface area (Å²) in [5, 5.41) is 6.56. The van der Waals surface area contributed by atoms with Crippen molar-refractivity contribution in [3.8, 4) is 0 Å². The lowest BCUT2D eigenvalue weighted by Gasteiger charge is -2.25. The van der Waals surface area contributed by atoms with Crippen molar-refractivity contribution in [1.29, 1.82) is 0 Å². The van der Waals surface area contributed by atoms with Gasteiger partial charge in [0, 0.05) is 12.1 Å². The standard InChI is InChI=1S/C17H22N4O/c1-10-19-15(13-6-4-5-7-21(10)13)17(2,3)20-16(22)14-11-8-18-9-12(11)14/h4-7,11-12,14,18H,8-9H2,1-3H3,(H,20,22)/t11-,12+,14+. The average molecular weight is 298 g/mol. The molecule has 3 heterocycles. The van der Waals surface area contributed by atoms with Crippen molar-refractivity contribution in [2.75, 3.05) is 13.1 Å². The van der Waals surface area contributed by atoms with Crippen molar-refractivity contribution in [1.82, 2.24) is 20.0 Å². The molecule has 0 spiro atoms. The van der Waals surface area contributed by atoms with Crippen LogP contribution in [0.2, 0.25) is 0 Å². The van der Waals surface area contributed by atoms with Crippen molar-refractivity contribution in [3.63, 3.8) is 0 Å². The zero-order chi connectivity index (χ0) is 15.5. The highest BCUT2D eigenvalue weighted by Gasteiger charge is 2.57. The number of aromatic nitrogens is 2. The number of imidazole rings is 1. The monoisotopic (exact) mass is 298 g/mol. The summed E-state index contributed by atoms with van der Waals surface area (Å²) in [6.45, 7) is 8.03. The highest BCUT2D eigenvalue weighted by atomic mass is 16.2. The second-order valence-corrected chi connectivity index (χ2v) is 7.09. The zero-order valence-corrected chi connectivity index (χ0v) is 13.3. The van der Waals surface area contributed by atoms with E-state index < -0.39 is 5.54 Å². The number of rotatable bonds is 3. The number of fused-ring (bicyclic) bond motifs is 2. The summed E-state index contributed by atoms with van der Waals surface area (Å²) in [4.78, 5) is 17.3. The van der Waals surface area contributed by atoms with Crippen molar-refractivity contribution in [3.05, 3.63) is 35.9 Å². The van der Waals surface area contributed by atoms with Crippen LogP contribution in [0.4, 0.5) is 0 Å². The molecule has 2 N–H and O–H groups in total. The minimum atomic E-state index is -0.470. The van der Waals surface area contributed by atoms with Gasteiger partial charge in [0.05, 0.1) is 16.7 Å². The van der Waals surface area contributed by atoms with Gasteiger partial charge < -0.3 is 15.0 Å². The van der Waals surface area contributed by atoms with E-state index in [0.29, 0.717) is 11.8 Å². The molecule has 1 aliphatic carbocycles. The van der Waals surface area contributed by atoms with Gasteiger partial charge in [-0.15, -0.1) is 0 Å². The predicted octanol–water partition coefficient (Wildman–Crippen LogP) is 1.46. The van der Waals surface area contributed by atoms with E-state index in [1.807, 2.05) is 39.1 Å². The Bertz CT molecular complexity index is 738. The molecule has 1 aliphatic heterocycles. The second-order valence-electron chi connectivity index (χ2n) is 7.09. The number of aryl methyl sites for hydroxylation is 1. The van der Waals surface area contributed by atoms with Gasteiger partial charge in [-0.2, -0.15) is 0 Å². The molecule has 5 heteroatoms. The van der Waals surface area contributed by atoms with Gasteiger partial charge in [-0.05, 0) is 57.8 Å². The molecule has 2 aromatic heterocycles. The van der Waals surface area contributed by atoms with Crippen LogP contribution in [0.25, 0.3) is 5.52 Å². The minimum Gasteiger partial charge on any atom is -0.345 e. The Morgan fingerprint density at radius 3 is 2.82 bits per heavy atom. The molecular formula is C17H22N4O. The fourth-order valence-electron chi connectivity index (χ4n) is 3.91. The summed E-state index contributed by atoms with van der Waals surface area (Å²) in [6, 6.07) is 6.06. The van der Waals surface area contributed by atoms with Crippen LogP contribution >= 0.6 is 0 Å². The quantitative estimate of drug-likeness (QED) is 0.902. The molecule has 2 fully saturated rings. The first-order valence-corrected chi connectivity index (χ1v) is 7.96. The minimum absolute atomic E-state index is 0.177. The molecular weight excluding hydrogens is 276 g/mol. The molecule has 0 aromatic carbocycles. The van der Waals surface area contributed by atoms with Gasteiger partial charge in [0.2, 0.25) is 5.91 Å². The van der Waals surface area contributed by atoms with Gasteiger partial charge in [-0.25, -0.2) is 4.98 Å². The third kappa shape index (κ3) is 1.96. The maximum atomic E-state index is 12.6. The van der Waals surface area contributed by atoms with E-state index in [4.69, 9.17) is 4.98 Å². The van der Waals surface area contributed by atoms with Crippen LogP contribution in [-0.4, -0.2) is 28.4 Å². The maximum Gasteiger partial charge on any atom is 0.224 e. The summed E-state index contributed by atoms with van der Waals surface area (Å²) < 4.78 is 2.07. The van der Waals surface area contributed by atoms with Crippen molar-refractivity contribution in [2.45, 2.75) is 26.3 Å². The van der Waals surface area contributed by atoms with Gasteiger partial charge in [0.15, 0.2) is 0 Å². The fourth-order valence-corrected chi connectivity index (χ4v) is 3.91. The summed E-state index contributed by atoms with van der Waals surface area (Å²) in [5.74, 6) is 2.39. The molecule has 1 amide bonds. The van der Waals surface area contributed by atoms with E-state index in [2.05, 4.69) is 21.1 Å². The number of pyridine rings is 1. The fraction of sp³-hybridized carbons (Fsp3) is 0.529. The number of nitrogens with one attached hydrogen (secondary N) is 2. The lowest BCUT2D eigenvalue weighted by molar-refractivity contribution is -0.124. The number of hydrogen-bond donors (Lipinski definition) is 2. The number of carbonyl (C=O) groups excluding carboxylic acids is 1. The maximum absolute atomic E-state index is 12.6. The van der Waals surface area contributed by atoms with Gasteiger partial charge in [0.1, 0.15) is 5.82 Å². The Morgan fingerprint density at radius 2 is 2.09 bits per heavy atom. The third-order valence-corrected chi connectivity index (χ3v) is 5.15. The number of hydrogen-bond acceptors (Lipinski definition) is 3. The molecule has 4 rings (SSSR count). The van der Waals surface area contributed by atoms with Gasteiger partial charge in [-0.1, -0.05) is 6.07 Å². The van der Waals surface area contributed by atoms with Crippen LogP contribution in [0, 0.1) is 24.7 Å². The number of nitrogens with zero attached hydrogens (tertiary/aromatic N) is 2. The van der Waals surface area contributed by atoms with E-state index in [9.17, 15) is 4.79 Å². The lowest BCUT2D eigenvalue weighted by Crippen LogP contribution is -2.43. The van der Waals surface area contributed by atoms with E-state index in [0.717, 1.165) is 30.1 Å². The summed E-state index contributed by atoms with van der Waals surface area (Å²) in [6.07, 6.45) is 2.01. The number of piperidine rings is 1. The van der Waals surface area contributed by atoms with Gasteiger partial charge in [-0.3, -0.25) is 4.79 Å². The molecule has 22 heavy (non-hydrogen) atoms. The molecule has 116 valence electrons. The SMILES string of the molecule is Cc1nc(C(C)(C)NC(=O)[C@H]2[C@@H]3CNC[C@@H]32)c2ccccn12. The Hall–Kier alpha value is -1.88. The molecule has 5 nitrogen and oxygen atoms in total. The molecule has 0 unspecified atom stereocenters. The van der Waals surface area contributed by atoms with Gasteiger partial charge >= 0.3 is 0 Å². The smallest absolute Gasteiger partial charge is 0.224 e. The van der Waals surface area contributed by atoms with Crippen LogP contribution in [0.15, 0.2) is 24.4 Å². The number of amides is 1. The summed E-state index contributed by atoms with van der Waals surface area (Å²) in [7, 11) is 0. The van der Waals surface area contributed by atoms with Crippen molar-refractivity contribution >= 4 is 11.4 Å². The Labute approximate surface area is 130 Å². The molecule has 1 saturated heterocycles. The Balaban J connectivity index is 1.61. The molecule has 0 radical (unpaired) electrons. The highest BCUT2D eigenvalue weighted by molar-refractivity contribution is 5.83. The zero-order valence-electron chi connectivity index (χ0n) is 13.3. The van der Waals surface area contributed by atoms with Crippen LogP contribution in [-0.2, 0) is 10.3 Å². The second kappa shape index (κ2) is 4.56. The van der Waals surface area contributed by atoms with Crippen LogP contribution in [0.5, 0.6) is 0 Å². The highest BCUT2D eigenvalue weighted by Crippen LogP contribution is 2.49. The van der Waals surface area contributed by atoms with Gasteiger partial charge in [0.25, 0.3) is 0 Å². The first kappa shape index (κ1) is 13.8. The third-order valence-electron chi connectivity index (χ3n) is 5.15. The molecule has 2 aliphatic rings. The average Bonchev–Trinajstić information content (AvgIpc) is 2.82. The molecule has 3 atom stereocenters. The van der Waals surface area contributed by atoms with Crippen molar-refractivity contribution in [2.24, 2.45) is 17.8 Å². The normalized spacial score (nSPS) is 27.0. The summed E-state index contributed by atoms with van der Waals surface area (Å²) in [5.41, 5.74) is 1.52. The van der Waals surface area contributed by atoms with Crippen LogP contribution in [0.1, 0.15) is 25.4 Å². The van der Waals surface area contributed by atoms with E-state index in [1.54, 1.807) is 0 Å². The van der Waals surface area contributed by atoms with E-state index in [1.165, 1.54) is 0 Å². The lowest BCUT2D eigenvalue weighted by atomic mass is 9.98. The van der Waals surface area contributed by atoms with Crippen molar-refractivity contribution < 1.29 is 4.79 Å². The molecule has 1 saturated carbocycles. The first-order valence-electron chi connectivity index (χ1n) is 7.96. The largest absolute Gasteiger partial charge is 0.345 e. The Kier molecular flexibility index (Phi) is 2.85. The van der Waals surface area contributed by atoms with Crippen LogP contribution in [0.3, 0.4) is 0 Å². The predicted molar refractivity (Wildman–Crippen MR) is 84.4 cm³/mol. The van der Waals surface area contributed by atoms with Crippen LogP contribution < -0.4 is 10.6 Å². The Morgan fingerprint density at radius 1 is 1.36 bits per heavy atom. The number of carbonyl (C=O) groups is 1. The molecule has 2 aromatic rings. The first-order chi connectivity index (χ1) is 10.5. The summed E-state index contributed by atoms with van der Waals surface area (Å²) >= 11 is 0. The molecule has 0 bridgehead atoms. The van der Waals surface area contributed by atoms with E-state index in [-0.39, 0.29) is 11.8 Å².